The highest BCUT2D eigenvalue weighted by atomic mass is 16.6. The lowest BCUT2D eigenvalue weighted by molar-refractivity contribution is -0.119. The molecular formula is C18H18N2O4. The maximum Gasteiger partial charge on any atom is 0.414 e. The van der Waals surface area contributed by atoms with E-state index in [0.29, 0.717) is 13.1 Å². The van der Waals surface area contributed by atoms with Gasteiger partial charge in [0, 0.05) is 12.6 Å². The Kier molecular flexibility index (Phi) is 4.37. The molecule has 1 unspecified atom stereocenters. The van der Waals surface area contributed by atoms with Crippen molar-refractivity contribution in [3.05, 3.63) is 48.5 Å². The molecule has 0 spiro atoms. The smallest absolute Gasteiger partial charge is 0.414 e. The van der Waals surface area contributed by atoms with Crippen LogP contribution < -0.4 is 10.2 Å². The fraction of sp³-hybridized carbons (Fsp3) is 0.222. The molecule has 2 aromatic rings. The van der Waals surface area contributed by atoms with Crippen LogP contribution >= 0.6 is 0 Å². The molecule has 2 amide bonds. The largest absolute Gasteiger partial charge is 0.508 e. The summed E-state index contributed by atoms with van der Waals surface area (Å²) in [5, 5.41) is 12.0. The van der Waals surface area contributed by atoms with E-state index >= 15 is 0 Å². The Labute approximate surface area is 139 Å². The van der Waals surface area contributed by atoms with Gasteiger partial charge in [-0.05, 0) is 35.4 Å². The molecule has 0 aliphatic carbocycles. The van der Waals surface area contributed by atoms with Crippen LogP contribution in [-0.4, -0.2) is 36.3 Å². The van der Waals surface area contributed by atoms with Crippen molar-refractivity contribution in [1.82, 2.24) is 5.32 Å². The molecule has 1 heterocycles. The third-order valence-electron chi connectivity index (χ3n) is 3.83. The quantitative estimate of drug-likeness (QED) is 0.905. The summed E-state index contributed by atoms with van der Waals surface area (Å²) >= 11 is 0. The van der Waals surface area contributed by atoms with E-state index in [0.717, 1.165) is 16.8 Å². The number of aromatic hydroxyl groups is 1. The highest BCUT2D eigenvalue weighted by Gasteiger charge is 2.32. The normalized spacial score (nSPS) is 16.8. The molecule has 0 saturated carbocycles. The van der Waals surface area contributed by atoms with Crippen molar-refractivity contribution < 1.29 is 19.4 Å². The lowest BCUT2D eigenvalue weighted by atomic mass is 10.1. The zero-order valence-electron chi connectivity index (χ0n) is 13.2. The molecule has 3 rings (SSSR count). The minimum Gasteiger partial charge on any atom is -0.508 e. The van der Waals surface area contributed by atoms with Crippen LogP contribution in [0.3, 0.4) is 0 Å². The molecule has 0 bridgehead atoms. The van der Waals surface area contributed by atoms with Gasteiger partial charge >= 0.3 is 6.09 Å². The van der Waals surface area contributed by atoms with Gasteiger partial charge in [-0.3, -0.25) is 9.69 Å². The van der Waals surface area contributed by atoms with Crippen molar-refractivity contribution in [2.45, 2.75) is 13.0 Å². The summed E-state index contributed by atoms with van der Waals surface area (Å²) in [5.74, 6) is 0.0724. The van der Waals surface area contributed by atoms with E-state index in [4.69, 9.17) is 4.74 Å². The first-order valence-corrected chi connectivity index (χ1v) is 7.65. The Balaban J connectivity index is 1.70. The molecule has 1 atom stereocenters. The third kappa shape index (κ3) is 3.48. The Morgan fingerprint density at radius 3 is 2.33 bits per heavy atom. The number of nitrogens with zero attached hydrogens (tertiary/aromatic N) is 1. The molecule has 6 nitrogen and oxygen atoms in total. The Morgan fingerprint density at radius 1 is 1.17 bits per heavy atom. The fourth-order valence-electron chi connectivity index (χ4n) is 2.58. The average Bonchev–Trinajstić information content (AvgIpc) is 2.95. The number of hydrogen-bond acceptors (Lipinski definition) is 4. The summed E-state index contributed by atoms with van der Waals surface area (Å²) in [6, 6.07) is 14.5. The zero-order valence-corrected chi connectivity index (χ0v) is 13.2. The second-order valence-electron chi connectivity index (χ2n) is 5.65. The van der Waals surface area contributed by atoms with Crippen molar-refractivity contribution in [1.29, 1.82) is 0 Å². The Morgan fingerprint density at radius 2 is 1.75 bits per heavy atom. The van der Waals surface area contributed by atoms with Crippen molar-refractivity contribution >= 4 is 17.7 Å². The Hall–Kier alpha value is -3.02. The second-order valence-corrected chi connectivity index (χ2v) is 5.65. The van der Waals surface area contributed by atoms with E-state index in [-0.39, 0.29) is 17.8 Å². The maximum absolute atomic E-state index is 12.0. The van der Waals surface area contributed by atoms with Crippen molar-refractivity contribution in [2.24, 2.45) is 0 Å². The van der Waals surface area contributed by atoms with Gasteiger partial charge in [0.25, 0.3) is 0 Å². The lowest BCUT2D eigenvalue weighted by Gasteiger charge is -2.13. The predicted molar refractivity (Wildman–Crippen MR) is 89.8 cm³/mol. The monoisotopic (exact) mass is 326 g/mol. The number of amides is 2. The van der Waals surface area contributed by atoms with Crippen LogP contribution in [0.15, 0.2) is 48.5 Å². The summed E-state index contributed by atoms with van der Waals surface area (Å²) in [7, 11) is 0. The van der Waals surface area contributed by atoms with Crippen LogP contribution in [0.4, 0.5) is 10.5 Å². The number of nitrogens with one attached hydrogen (secondary N) is 1. The van der Waals surface area contributed by atoms with Gasteiger partial charge in [-0.2, -0.15) is 0 Å². The number of ether oxygens (including phenoxy) is 1. The molecule has 2 N–H and O–H groups in total. The number of phenolic OH excluding ortho intramolecular Hbond substituents is 1. The lowest BCUT2D eigenvalue weighted by Crippen LogP contribution is -2.33. The molecule has 6 heteroatoms. The standard InChI is InChI=1S/C18H18N2O4/c1-12(21)19-10-17-11-20(18(23)24-17)15-6-2-13(3-7-15)14-4-8-16(22)9-5-14/h2-9,17,22H,10-11H2,1H3,(H,19,21). The van der Waals surface area contributed by atoms with E-state index in [1.165, 1.54) is 6.92 Å². The van der Waals surface area contributed by atoms with Crippen LogP contribution in [0.2, 0.25) is 0 Å². The van der Waals surface area contributed by atoms with Gasteiger partial charge in [0.05, 0.1) is 13.1 Å². The number of cyclic esters (lactones) is 1. The van der Waals surface area contributed by atoms with Crippen LogP contribution in [0.5, 0.6) is 5.75 Å². The molecule has 1 saturated heterocycles. The SMILES string of the molecule is CC(=O)NCC1CN(c2ccc(-c3ccc(O)cc3)cc2)C(=O)O1. The summed E-state index contributed by atoms with van der Waals surface area (Å²) < 4.78 is 5.25. The molecular weight excluding hydrogens is 308 g/mol. The maximum atomic E-state index is 12.0. The number of anilines is 1. The summed E-state index contributed by atoms with van der Waals surface area (Å²) in [4.78, 5) is 24.5. The van der Waals surface area contributed by atoms with E-state index in [1.807, 2.05) is 36.4 Å². The van der Waals surface area contributed by atoms with E-state index in [2.05, 4.69) is 5.32 Å². The van der Waals surface area contributed by atoms with E-state index in [1.54, 1.807) is 17.0 Å². The number of benzene rings is 2. The van der Waals surface area contributed by atoms with Gasteiger partial charge < -0.3 is 15.2 Å². The Bertz CT molecular complexity index is 741. The van der Waals surface area contributed by atoms with E-state index < -0.39 is 6.09 Å². The molecule has 1 fully saturated rings. The molecule has 0 aromatic heterocycles. The highest BCUT2D eigenvalue weighted by Crippen LogP contribution is 2.27. The highest BCUT2D eigenvalue weighted by molar-refractivity contribution is 5.90. The van der Waals surface area contributed by atoms with Crippen LogP contribution in [-0.2, 0) is 9.53 Å². The van der Waals surface area contributed by atoms with Gasteiger partial charge in [-0.15, -0.1) is 0 Å². The first kappa shape index (κ1) is 15.9. The van der Waals surface area contributed by atoms with Crippen LogP contribution in [0.1, 0.15) is 6.92 Å². The summed E-state index contributed by atoms with van der Waals surface area (Å²) in [6.45, 7) is 2.14. The van der Waals surface area contributed by atoms with Gasteiger partial charge in [-0.1, -0.05) is 24.3 Å². The molecule has 24 heavy (non-hydrogen) atoms. The molecule has 0 radical (unpaired) electrons. The zero-order chi connectivity index (χ0) is 17.1. The first-order chi connectivity index (χ1) is 11.5. The summed E-state index contributed by atoms with van der Waals surface area (Å²) in [5.41, 5.74) is 2.71. The predicted octanol–water partition coefficient (Wildman–Crippen LogP) is 2.52. The van der Waals surface area contributed by atoms with Crippen LogP contribution in [0, 0.1) is 0 Å². The first-order valence-electron chi connectivity index (χ1n) is 7.65. The number of carbonyl (C=O) groups is 2. The third-order valence-corrected chi connectivity index (χ3v) is 3.83. The number of hydrogen-bond donors (Lipinski definition) is 2. The fourth-order valence-corrected chi connectivity index (χ4v) is 2.58. The van der Waals surface area contributed by atoms with Gasteiger partial charge in [0.1, 0.15) is 11.9 Å². The number of carbonyl (C=O) groups excluding carboxylic acids is 2. The second kappa shape index (κ2) is 6.62. The topological polar surface area (TPSA) is 78.9 Å². The van der Waals surface area contributed by atoms with Gasteiger partial charge in [0.2, 0.25) is 5.91 Å². The molecule has 1 aliphatic rings. The minimum absolute atomic E-state index is 0.150. The van der Waals surface area contributed by atoms with Gasteiger partial charge in [-0.25, -0.2) is 4.79 Å². The molecule has 124 valence electrons. The van der Waals surface area contributed by atoms with Crippen molar-refractivity contribution in [2.75, 3.05) is 18.0 Å². The number of rotatable bonds is 4. The molecule has 1 aliphatic heterocycles. The van der Waals surface area contributed by atoms with E-state index in [9.17, 15) is 14.7 Å². The summed E-state index contributed by atoms with van der Waals surface area (Å²) in [6.07, 6.45) is -0.763. The van der Waals surface area contributed by atoms with Crippen LogP contribution in [0.25, 0.3) is 11.1 Å². The van der Waals surface area contributed by atoms with Gasteiger partial charge in [0.15, 0.2) is 0 Å². The number of phenols is 1. The molecule has 2 aromatic carbocycles. The van der Waals surface area contributed by atoms with Crippen molar-refractivity contribution in [3.8, 4) is 16.9 Å². The minimum atomic E-state index is -0.414. The van der Waals surface area contributed by atoms with Crippen molar-refractivity contribution in [3.63, 3.8) is 0 Å². The average molecular weight is 326 g/mol.